The maximum atomic E-state index is 11.5. The standard InChI is InChI=1S/C15H13ClN4O3/c16-9-3-1-2-8(4-9)11-6-13(11)19-15-12(14(17)21)5-10(7-18-15)20(22)23/h1-5,7,11,13H,6H2,(H2,17,21)(H,18,19). The van der Waals surface area contributed by atoms with Crippen LogP contribution in [-0.2, 0) is 0 Å². The third-order valence-electron chi connectivity index (χ3n) is 3.74. The molecule has 0 aliphatic heterocycles. The predicted molar refractivity (Wildman–Crippen MR) is 85.6 cm³/mol. The Kier molecular flexibility index (Phi) is 3.87. The zero-order chi connectivity index (χ0) is 16.6. The molecule has 7 nitrogen and oxygen atoms in total. The van der Waals surface area contributed by atoms with Crippen LogP contribution in [0.5, 0.6) is 0 Å². The molecule has 8 heteroatoms. The number of nitro groups is 1. The Morgan fingerprint density at radius 2 is 2.22 bits per heavy atom. The molecule has 1 aliphatic rings. The number of hydrogen-bond acceptors (Lipinski definition) is 5. The smallest absolute Gasteiger partial charge is 0.288 e. The number of carbonyl (C=O) groups excluding carboxylic acids is 1. The van der Waals surface area contributed by atoms with Crippen molar-refractivity contribution in [3.8, 4) is 0 Å². The van der Waals surface area contributed by atoms with Crippen LogP contribution in [0, 0.1) is 10.1 Å². The fourth-order valence-corrected chi connectivity index (χ4v) is 2.69. The van der Waals surface area contributed by atoms with Crippen molar-refractivity contribution >= 4 is 29.0 Å². The van der Waals surface area contributed by atoms with Gasteiger partial charge in [0.25, 0.3) is 11.6 Å². The Balaban J connectivity index is 1.79. The summed E-state index contributed by atoms with van der Waals surface area (Å²) in [5, 5.41) is 14.6. The van der Waals surface area contributed by atoms with Crippen molar-refractivity contribution in [1.29, 1.82) is 0 Å². The van der Waals surface area contributed by atoms with Gasteiger partial charge < -0.3 is 11.1 Å². The summed E-state index contributed by atoms with van der Waals surface area (Å²) in [5.74, 6) is -0.243. The Hall–Kier alpha value is -2.67. The van der Waals surface area contributed by atoms with Gasteiger partial charge in [-0.1, -0.05) is 23.7 Å². The van der Waals surface area contributed by atoms with Gasteiger partial charge in [-0.05, 0) is 24.1 Å². The summed E-state index contributed by atoms with van der Waals surface area (Å²) < 4.78 is 0. The van der Waals surface area contributed by atoms with E-state index in [0.29, 0.717) is 5.02 Å². The topological polar surface area (TPSA) is 111 Å². The molecule has 0 spiro atoms. The number of nitrogens with zero attached hydrogens (tertiary/aromatic N) is 2. The van der Waals surface area contributed by atoms with Gasteiger partial charge in [-0.25, -0.2) is 4.98 Å². The quantitative estimate of drug-likeness (QED) is 0.646. The van der Waals surface area contributed by atoms with Crippen molar-refractivity contribution in [2.45, 2.75) is 18.4 Å². The van der Waals surface area contributed by atoms with Gasteiger partial charge in [0.05, 0.1) is 10.5 Å². The molecule has 3 N–H and O–H groups in total. The number of amides is 1. The molecule has 23 heavy (non-hydrogen) atoms. The molecule has 0 radical (unpaired) electrons. The van der Waals surface area contributed by atoms with Crippen molar-refractivity contribution in [1.82, 2.24) is 4.98 Å². The zero-order valence-corrected chi connectivity index (χ0v) is 12.7. The Bertz CT molecular complexity index is 796. The largest absolute Gasteiger partial charge is 0.366 e. The fourth-order valence-electron chi connectivity index (χ4n) is 2.49. The minimum atomic E-state index is -0.761. The molecular formula is C15H13ClN4O3. The lowest BCUT2D eigenvalue weighted by molar-refractivity contribution is -0.385. The molecule has 1 aromatic carbocycles. The van der Waals surface area contributed by atoms with Gasteiger partial charge in [0, 0.05) is 23.0 Å². The minimum absolute atomic E-state index is 0.0101. The molecule has 1 saturated carbocycles. The average Bonchev–Trinajstić information content (AvgIpc) is 3.26. The number of nitrogens with two attached hydrogens (primary N) is 1. The molecule has 1 amide bonds. The molecule has 2 aromatic rings. The third kappa shape index (κ3) is 3.24. The van der Waals surface area contributed by atoms with E-state index in [1.807, 2.05) is 18.2 Å². The van der Waals surface area contributed by atoms with Gasteiger partial charge in [-0.15, -0.1) is 0 Å². The van der Waals surface area contributed by atoms with Crippen molar-refractivity contribution in [2.24, 2.45) is 5.73 Å². The number of aromatic nitrogens is 1. The lowest BCUT2D eigenvalue weighted by Gasteiger charge is -2.09. The molecule has 2 atom stereocenters. The molecule has 2 unspecified atom stereocenters. The summed E-state index contributed by atoms with van der Waals surface area (Å²) in [7, 11) is 0. The van der Waals surface area contributed by atoms with E-state index in [4.69, 9.17) is 17.3 Å². The second-order valence-corrected chi connectivity index (χ2v) is 5.80. The number of pyridine rings is 1. The molecule has 0 saturated heterocycles. The Morgan fingerprint density at radius 3 is 2.87 bits per heavy atom. The van der Waals surface area contributed by atoms with E-state index in [0.717, 1.165) is 24.2 Å². The molecule has 1 aromatic heterocycles. The number of benzene rings is 1. The van der Waals surface area contributed by atoms with Crippen molar-refractivity contribution < 1.29 is 9.72 Å². The molecule has 1 heterocycles. The second kappa shape index (κ2) is 5.85. The van der Waals surface area contributed by atoms with Gasteiger partial charge in [-0.3, -0.25) is 14.9 Å². The molecule has 0 bridgehead atoms. The van der Waals surface area contributed by atoms with E-state index in [1.165, 1.54) is 0 Å². The molecule has 3 rings (SSSR count). The van der Waals surface area contributed by atoms with E-state index >= 15 is 0 Å². The number of nitrogens with one attached hydrogen (secondary N) is 1. The van der Waals surface area contributed by atoms with E-state index in [2.05, 4.69) is 10.3 Å². The maximum Gasteiger partial charge on any atom is 0.288 e. The minimum Gasteiger partial charge on any atom is -0.366 e. The molecule has 118 valence electrons. The van der Waals surface area contributed by atoms with E-state index < -0.39 is 10.8 Å². The van der Waals surface area contributed by atoms with Gasteiger partial charge in [0.15, 0.2) is 0 Å². The van der Waals surface area contributed by atoms with Crippen molar-refractivity contribution in [3.05, 3.63) is 62.8 Å². The van der Waals surface area contributed by atoms with Crippen LogP contribution >= 0.6 is 11.6 Å². The van der Waals surface area contributed by atoms with E-state index in [1.54, 1.807) is 6.07 Å². The zero-order valence-electron chi connectivity index (χ0n) is 11.9. The van der Waals surface area contributed by atoms with Gasteiger partial charge in [0.2, 0.25) is 0 Å². The summed E-state index contributed by atoms with van der Waals surface area (Å²) in [5.41, 5.74) is 6.12. The van der Waals surface area contributed by atoms with Gasteiger partial charge in [-0.2, -0.15) is 0 Å². The Morgan fingerprint density at radius 1 is 1.43 bits per heavy atom. The average molecular weight is 333 g/mol. The number of anilines is 1. The summed E-state index contributed by atoms with van der Waals surface area (Å²) in [4.78, 5) is 25.6. The number of rotatable bonds is 5. The number of halogens is 1. The maximum absolute atomic E-state index is 11.5. The Labute approximate surface area is 136 Å². The van der Waals surface area contributed by atoms with Gasteiger partial charge >= 0.3 is 0 Å². The highest BCUT2D eigenvalue weighted by molar-refractivity contribution is 6.30. The number of hydrogen-bond donors (Lipinski definition) is 2. The van der Waals surface area contributed by atoms with Crippen LogP contribution in [0.15, 0.2) is 36.5 Å². The highest BCUT2D eigenvalue weighted by Crippen LogP contribution is 2.43. The van der Waals surface area contributed by atoms with Crippen molar-refractivity contribution in [2.75, 3.05) is 5.32 Å². The molecule has 1 aliphatic carbocycles. The first-order valence-electron chi connectivity index (χ1n) is 6.92. The highest BCUT2D eigenvalue weighted by atomic mass is 35.5. The van der Waals surface area contributed by atoms with Crippen LogP contribution in [0.4, 0.5) is 11.5 Å². The van der Waals surface area contributed by atoms with Crippen LogP contribution in [0.1, 0.15) is 28.3 Å². The number of primary amides is 1. The van der Waals surface area contributed by atoms with Crippen molar-refractivity contribution in [3.63, 3.8) is 0 Å². The van der Waals surface area contributed by atoms with Crippen LogP contribution in [0.25, 0.3) is 0 Å². The van der Waals surface area contributed by atoms with E-state index in [9.17, 15) is 14.9 Å². The normalized spacial score (nSPS) is 19.2. The summed E-state index contributed by atoms with van der Waals surface area (Å²) >= 11 is 5.98. The second-order valence-electron chi connectivity index (χ2n) is 5.36. The predicted octanol–water partition coefficient (Wildman–Crippen LogP) is 2.71. The van der Waals surface area contributed by atoms with Crippen LogP contribution in [-0.4, -0.2) is 21.9 Å². The monoisotopic (exact) mass is 332 g/mol. The summed E-state index contributed by atoms with van der Waals surface area (Å²) in [6.07, 6.45) is 1.96. The number of carbonyl (C=O) groups is 1. The van der Waals surface area contributed by atoms with E-state index in [-0.39, 0.29) is 29.0 Å². The first-order valence-corrected chi connectivity index (χ1v) is 7.29. The summed E-state index contributed by atoms with van der Waals surface area (Å²) in [6.45, 7) is 0. The van der Waals surface area contributed by atoms with Crippen LogP contribution in [0.3, 0.4) is 0 Å². The van der Waals surface area contributed by atoms with Crippen LogP contribution < -0.4 is 11.1 Å². The fraction of sp³-hybridized carbons (Fsp3) is 0.200. The third-order valence-corrected chi connectivity index (χ3v) is 3.97. The molecular weight excluding hydrogens is 320 g/mol. The lowest BCUT2D eigenvalue weighted by atomic mass is 10.1. The lowest BCUT2D eigenvalue weighted by Crippen LogP contribution is -2.17. The first kappa shape index (κ1) is 15.2. The van der Waals surface area contributed by atoms with Crippen LogP contribution in [0.2, 0.25) is 5.02 Å². The highest BCUT2D eigenvalue weighted by Gasteiger charge is 2.39. The van der Waals surface area contributed by atoms with Gasteiger partial charge in [0.1, 0.15) is 12.0 Å². The molecule has 1 fully saturated rings. The first-order chi connectivity index (χ1) is 11.0. The summed E-state index contributed by atoms with van der Waals surface area (Å²) in [6, 6.07) is 8.78. The SMILES string of the molecule is NC(=O)c1cc([N+](=O)[O-])cnc1NC1CC1c1cccc(Cl)c1.